The summed E-state index contributed by atoms with van der Waals surface area (Å²) in [5.41, 5.74) is 3.52. The van der Waals surface area contributed by atoms with Crippen molar-refractivity contribution in [3.05, 3.63) is 67.3 Å². The summed E-state index contributed by atoms with van der Waals surface area (Å²) in [4.78, 5) is 35.6. The number of nitro groups is 2. The van der Waals surface area contributed by atoms with Crippen LogP contribution in [0, 0.1) is 34.1 Å². The van der Waals surface area contributed by atoms with Crippen molar-refractivity contribution >= 4 is 41.1 Å². The molecule has 15 nitrogen and oxygen atoms in total. The number of hydrogen-bond acceptors (Lipinski definition) is 13. The summed E-state index contributed by atoms with van der Waals surface area (Å²) in [5, 5.41) is 41.7. The predicted octanol–water partition coefficient (Wildman–Crippen LogP) is 2.40. The third-order valence-electron chi connectivity index (χ3n) is 5.42. The van der Waals surface area contributed by atoms with Gasteiger partial charge in [0.05, 0.1) is 35.3 Å². The minimum Gasteiger partial charge on any atom is -0.867 e. The van der Waals surface area contributed by atoms with Crippen LogP contribution in [0.3, 0.4) is 0 Å². The van der Waals surface area contributed by atoms with Crippen molar-refractivity contribution in [1.82, 2.24) is 15.0 Å². The van der Waals surface area contributed by atoms with Gasteiger partial charge in [-0.1, -0.05) is 12.1 Å². The summed E-state index contributed by atoms with van der Waals surface area (Å²) < 4.78 is 5.39. The summed E-state index contributed by atoms with van der Waals surface area (Å²) in [6.07, 6.45) is 0.943. The predicted molar refractivity (Wildman–Crippen MR) is 132 cm³/mol. The molecule has 1 aliphatic rings. The first kappa shape index (κ1) is 25.2. The minimum atomic E-state index is -1.01. The van der Waals surface area contributed by atoms with E-state index in [0.29, 0.717) is 38.3 Å². The number of anilines is 4. The van der Waals surface area contributed by atoms with Crippen molar-refractivity contribution in [2.45, 2.75) is 13.8 Å². The normalized spacial score (nSPS) is 13.5. The van der Waals surface area contributed by atoms with Crippen molar-refractivity contribution in [1.29, 1.82) is 0 Å². The molecule has 0 atom stereocenters. The molecule has 2 N–H and O–H groups in total. The Morgan fingerprint density at radius 1 is 1.03 bits per heavy atom. The smallest absolute Gasteiger partial charge is 0.276 e. The standard InChI is InChI=1S/C22H23N9O6/c1-13-3-4-14(2)17(9-13)24-20-25-21(27-22(26-20)29-5-7-37-8-6-29)28-23-12-15-10-16(30(33)34)11-18(19(15)32)31(35)36/h3-4,9-12,32H,5-8H2,1-2H3,(H2,24,25,26,27,28)/p-1. The number of ether oxygens (including phenoxy) is 1. The van der Waals surface area contributed by atoms with E-state index in [1.807, 2.05) is 36.9 Å². The number of morpholine rings is 1. The van der Waals surface area contributed by atoms with Gasteiger partial charge in [-0.15, -0.1) is 0 Å². The average molecular weight is 508 g/mol. The molecule has 0 amide bonds. The topological polar surface area (TPSA) is 197 Å². The third-order valence-corrected chi connectivity index (χ3v) is 5.42. The Morgan fingerprint density at radius 3 is 2.46 bits per heavy atom. The zero-order valence-electron chi connectivity index (χ0n) is 19.9. The molecule has 0 unspecified atom stereocenters. The van der Waals surface area contributed by atoms with E-state index >= 15 is 0 Å². The van der Waals surface area contributed by atoms with E-state index in [-0.39, 0.29) is 17.5 Å². The van der Waals surface area contributed by atoms with Gasteiger partial charge in [-0.05, 0) is 36.8 Å². The zero-order chi connectivity index (χ0) is 26.5. The fourth-order valence-electron chi connectivity index (χ4n) is 3.48. The quantitative estimate of drug-likeness (QED) is 0.256. The highest BCUT2D eigenvalue weighted by Crippen LogP contribution is 2.31. The van der Waals surface area contributed by atoms with E-state index in [1.54, 1.807) is 0 Å². The lowest BCUT2D eigenvalue weighted by Gasteiger charge is -2.27. The lowest BCUT2D eigenvalue weighted by Crippen LogP contribution is -2.37. The lowest BCUT2D eigenvalue weighted by atomic mass is 10.1. The number of aromatic nitrogens is 3. The maximum absolute atomic E-state index is 12.4. The number of aryl methyl sites for hydroxylation is 2. The Balaban J connectivity index is 1.65. The number of benzene rings is 2. The van der Waals surface area contributed by atoms with Gasteiger partial charge in [0.15, 0.2) is 0 Å². The molecule has 15 heteroatoms. The van der Waals surface area contributed by atoms with Crippen molar-refractivity contribution in [3.8, 4) is 5.75 Å². The summed E-state index contributed by atoms with van der Waals surface area (Å²) >= 11 is 0. The fourth-order valence-corrected chi connectivity index (χ4v) is 3.48. The van der Waals surface area contributed by atoms with Gasteiger partial charge in [0.1, 0.15) is 0 Å². The Morgan fingerprint density at radius 2 is 1.76 bits per heavy atom. The van der Waals surface area contributed by atoms with E-state index in [1.165, 1.54) is 0 Å². The number of nitro benzene ring substituents is 2. The second kappa shape index (κ2) is 10.8. The first-order valence-corrected chi connectivity index (χ1v) is 11.1. The molecular weight excluding hydrogens is 486 g/mol. The van der Waals surface area contributed by atoms with Crippen LogP contribution >= 0.6 is 0 Å². The van der Waals surface area contributed by atoms with Crippen LogP contribution in [0.1, 0.15) is 16.7 Å². The summed E-state index contributed by atoms with van der Waals surface area (Å²) in [5.74, 6) is -0.395. The van der Waals surface area contributed by atoms with Gasteiger partial charge in [-0.2, -0.15) is 20.1 Å². The molecule has 1 saturated heterocycles. The molecular formula is C22H22N9O6-. The number of non-ortho nitro benzene ring substituents is 1. The molecule has 1 aromatic heterocycles. The molecule has 1 fully saturated rings. The second-order valence-corrected chi connectivity index (χ2v) is 8.09. The van der Waals surface area contributed by atoms with Crippen LogP contribution in [-0.4, -0.2) is 57.3 Å². The molecule has 4 rings (SSSR count). The van der Waals surface area contributed by atoms with Crippen molar-refractivity contribution < 1.29 is 19.7 Å². The molecule has 0 bridgehead atoms. The molecule has 1 aliphatic heterocycles. The number of nitrogens with zero attached hydrogens (tertiary/aromatic N) is 7. The van der Waals surface area contributed by atoms with Gasteiger partial charge in [0.2, 0.25) is 17.8 Å². The number of rotatable bonds is 8. The van der Waals surface area contributed by atoms with Gasteiger partial charge < -0.3 is 20.1 Å². The summed E-state index contributed by atoms with van der Waals surface area (Å²) in [6, 6.07) is 7.41. The molecule has 0 spiro atoms. The molecule has 192 valence electrons. The van der Waals surface area contributed by atoms with Crippen LogP contribution < -0.4 is 20.7 Å². The van der Waals surface area contributed by atoms with Crippen molar-refractivity contribution in [2.24, 2.45) is 5.10 Å². The molecule has 2 heterocycles. The van der Waals surface area contributed by atoms with E-state index in [0.717, 1.165) is 29.1 Å². The first-order valence-electron chi connectivity index (χ1n) is 11.1. The second-order valence-electron chi connectivity index (χ2n) is 8.09. The molecule has 0 aliphatic carbocycles. The van der Waals surface area contributed by atoms with E-state index in [4.69, 9.17) is 4.74 Å². The van der Waals surface area contributed by atoms with E-state index in [2.05, 4.69) is 30.8 Å². The van der Waals surface area contributed by atoms with Crippen LogP contribution in [0.2, 0.25) is 0 Å². The highest BCUT2D eigenvalue weighted by atomic mass is 16.6. The molecule has 37 heavy (non-hydrogen) atoms. The van der Waals surface area contributed by atoms with Crippen LogP contribution in [0.5, 0.6) is 5.75 Å². The Bertz CT molecular complexity index is 1370. The highest BCUT2D eigenvalue weighted by molar-refractivity contribution is 5.87. The maximum atomic E-state index is 12.4. The lowest BCUT2D eigenvalue weighted by molar-refractivity contribution is -0.403. The average Bonchev–Trinajstić information content (AvgIpc) is 2.87. The summed E-state index contributed by atoms with van der Waals surface area (Å²) in [7, 11) is 0. The van der Waals surface area contributed by atoms with Crippen LogP contribution in [0.4, 0.5) is 34.9 Å². The first-order chi connectivity index (χ1) is 17.7. The van der Waals surface area contributed by atoms with E-state index in [9.17, 15) is 25.3 Å². The SMILES string of the molecule is Cc1ccc(C)c(Nc2nc(NN=Cc3cc([N+](=O)[O-])cc([N+](=O)[O-])c3[O-])nc(N3CCOCC3)n2)c1. The Kier molecular flexibility index (Phi) is 7.34. The third kappa shape index (κ3) is 6.02. The Labute approximate surface area is 210 Å². The molecule has 0 saturated carbocycles. The van der Waals surface area contributed by atoms with Crippen molar-refractivity contribution in [3.63, 3.8) is 0 Å². The zero-order valence-corrected chi connectivity index (χ0v) is 19.9. The highest BCUT2D eigenvalue weighted by Gasteiger charge is 2.19. The molecule has 0 radical (unpaired) electrons. The van der Waals surface area contributed by atoms with Crippen LogP contribution in [0.25, 0.3) is 0 Å². The molecule has 3 aromatic rings. The van der Waals surface area contributed by atoms with Crippen molar-refractivity contribution in [2.75, 3.05) is 41.9 Å². The number of hydrazone groups is 1. The largest absolute Gasteiger partial charge is 0.867 e. The van der Waals surface area contributed by atoms with Crippen LogP contribution in [0.15, 0.2) is 35.4 Å². The van der Waals surface area contributed by atoms with Gasteiger partial charge in [0.25, 0.3) is 11.4 Å². The fraction of sp³-hybridized carbons (Fsp3) is 0.273. The van der Waals surface area contributed by atoms with Crippen LogP contribution in [-0.2, 0) is 4.74 Å². The number of nitrogens with one attached hydrogen (secondary N) is 2. The monoisotopic (exact) mass is 508 g/mol. The van der Waals surface area contributed by atoms with Gasteiger partial charge in [0, 0.05) is 30.4 Å². The number of hydrogen-bond donors (Lipinski definition) is 2. The van der Waals surface area contributed by atoms with Gasteiger partial charge >= 0.3 is 0 Å². The van der Waals surface area contributed by atoms with E-state index < -0.39 is 27.0 Å². The maximum Gasteiger partial charge on any atom is 0.276 e. The van der Waals surface area contributed by atoms with Gasteiger partial charge in [-0.25, -0.2) is 5.43 Å². The summed E-state index contributed by atoms with van der Waals surface area (Å²) in [6.45, 7) is 6.03. The van der Waals surface area contributed by atoms with Gasteiger partial charge in [-0.3, -0.25) is 20.2 Å². The molecule has 2 aromatic carbocycles. The Hall–Kier alpha value is -4.92. The minimum absolute atomic E-state index is 0.0212.